The van der Waals surface area contributed by atoms with E-state index in [2.05, 4.69) is 31.9 Å². The third-order valence-electron chi connectivity index (χ3n) is 10.2. The first-order valence-corrected chi connectivity index (χ1v) is 18.8. The molecule has 2 saturated heterocycles. The molecular formula is C38H59N7O7. The van der Waals surface area contributed by atoms with E-state index in [9.17, 15) is 33.6 Å². The summed E-state index contributed by atoms with van der Waals surface area (Å²) in [4.78, 5) is 96.5. The molecule has 0 saturated carbocycles. The van der Waals surface area contributed by atoms with Crippen LogP contribution in [0.4, 0.5) is 0 Å². The SMILES string of the molecule is CC[C@H](C)[C@@H]1NC(=O)[C@H]([C@@H](C)CC)NC(=O)[C@@H]2CCCN2C(=O)[C@H](Cc2ccccc2)NC(=O)[C@@H](NC(=O)[C@@H](NC(C)=O)C(C)C)CCCNC1=O. The van der Waals surface area contributed by atoms with Crippen molar-refractivity contribution >= 4 is 41.4 Å². The second kappa shape index (κ2) is 19.9. The molecular weight excluding hydrogens is 666 g/mol. The van der Waals surface area contributed by atoms with Gasteiger partial charge in [-0.05, 0) is 49.0 Å². The van der Waals surface area contributed by atoms with E-state index in [0.717, 1.165) is 5.56 Å². The van der Waals surface area contributed by atoms with Crippen LogP contribution in [0, 0.1) is 17.8 Å². The zero-order chi connectivity index (χ0) is 38.5. The highest BCUT2D eigenvalue weighted by atomic mass is 16.2. The van der Waals surface area contributed by atoms with Gasteiger partial charge in [0.05, 0.1) is 0 Å². The van der Waals surface area contributed by atoms with Gasteiger partial charge in [-0.3, -0.25) is 33.6 Å². The summed E-state index contributed by atoms with van der Waals surface area (Å²) in [5.74, 6) is -4.16. The molecule has 52 heavy (non-hydrogen) atoms. The van der Waals surface area contributed by atoms with Gasteiger partial charge in [0.1, 0.15) is 36.3 Å². The highest BCUT2D eigenvalue weighted by Crippen LogP contribution is 2.22. The molecule has 2 heterocycles. The van der Waals surface area contributed by atoms with E-state index >= 15 is 0 Å². The lowest BCUT2D eigenvalue weighted by atomic mass is 9.94. The normalized spacial score (nSPS) is 25.7. The Morgan fingerprint density at radius 3 is 2.02 bits per heavy atom. The Bertz CT molecular complexity index is 1420. The molecule has 0 aliphatic carbocycles. The van der Waals surface area contributed by atoms with Crippen molar-refractivity contribution in [3.05, 3.63) is 35.9 Å². The van der Waals surface area contributed by atoms with Crippen molar-refractivity contribution in [2.75, 3.05) is 13.1 Å². The Kier molecular flexibility index (Phi) is 16.1. The summed E-state index contributed by atoms with van der Waals surface area (Å²) in [6.45, 7) is 12.8. The van der Waals surface area contributed by atoms with E-state index in [-0.39, 0.29) is 50.1 Å². The van der Waals surface area contributed by atoms with Gasteiger partial charge in [-0.15, -0.1) is 0 Å². The average Bonchev–Trinajstić information content (AvgIpc) is 3.61. The van der Waals surface area contributed by atoms with Gasteiger partial charge < -0.3 is 36.8 Å². The second-order valence-corrected chi connectivity index (χ2v) is 14.6. The van der Waals surface area contributed by atoms with Crippen LogP contribution in [0.2, 0.25) is 0 Å². The van der Waals surface area contributed by atoms with Gasteiger partial charge in [-0.25, -0.2) is 0 Å². The molecule has 3 rings (SSSR count). The van der Waals surface area contributed by atoms with Crippen LogP contribution in [-0.2, 0) is 40.0 Å². The smallest absolute Gasteiger partial charge is 0.246 e. The molecule has 1 aromatic carbocycles. The van der Waals surface area contributed by atoms with Gasteiger partial charge in [-0.2, -0.15) is 0 Å². The number of carbonyl (C=O) groups is 7. The highest BCUT2D eigenvalue weighted by molar-refractivity contribution is 5.97. The lowest BCUT2D eigenvalue weighted by Gasteiger charge is -2.33. The van der Waals surface area contributed by atoms with Gasteiger partial charge in [0, 0.05) is 26.4 Å². The quantitative estimate of drug-likeness (QED) is 0.209. The zero-order valence-corrected chi connectivity index (χ0v) is 31.8. The van der Waals surface area contributed by atoms with Crippen LogP contribution in [0.5, 0.6) is 0 Å². The van der Waals surface area contributed by atoms with Crippen molar-refractivity contribution in [1.29, 1.82) is 0 Å². The number of hydrogen-bond acceptors (Lipinski definition) is 7. The van der Waals surface area contributed by atoms with Crippen molar-refractivity contribution in [2.45, 2.75) is 130 Å². The number of nitrogens with zero attached hydrogens (tertiary/aromatic N) is 1. The van der Waals surface area contributed by atoms with Crippen LogP contribution < -0.4 is 31.9 Å². The summed E-state index contributed by atoms with van der Waals surface area (Å²) in [5, 5.41) is 17.0. The lowest BCUT2D eigenvalue weighted by molar-refractivity contribution is -0.143. The zero-order valence-electron chi connectivity index (χ0n) is 31.8. The van der Waals surface area contributed by atoms with E-state index < -0.39 is 77.6 Å². The van der Waals surface area contributed by atoms with Crippen molar-refractivity contribution in [2.24, 2.45) is 17.8 Å². The van der Waals surface area contributed by atoms with E-state index in [0.29, 0.717) is 25.7 Å². The number of fused-ring (bicyclic) bond motifs is 1. The van der Waals surface area contributed by atoms with Crippen molar-refractivity contribution in [3.63, 3.8) is 0 Å². The van der Waals surface area contributed by atoms with Crippen molar-refractivity contribution in [3.8, 4) is 0 Å². The summed E-state index contributed by atoms with van der Waals surface area (Å²) in [6, 6.07) is 3.35. The largest absolute Gasteiger partial charge is 0.354 e. The molecule has 1 aromatic rings. The average molecular weight is 726 g/mol. The van der Waals surface area contributed by atoms with Gasteiger partial charge in [-0.1, -0.05) is 84.7 Å². The summed E-state index contributed by atoms with van der Waals surface area (Å²) in [7, 11) is 0. The molecule has 2 fully saturated rings. The maximum atomic E-state index is 14.4. The first-order chi connectivity index (χ1) is 24.7. The molecule has 288 valence electrons. The maximum absolute atomic E-state index is 14.4. The standard InChI is InChI=1S/C38H59N7O7/c1-8-23(5)31-35(49)39-19-13-17-27(41-36(50)30(22(3)4)40-25(7)46)33(47)42-28(21-26-15-11-10-12-16-26)38(52)45-20-14-18-29(45)34(48)43-32(24(6)9-2)37(51)44-31/h10-12,15-16,22-24,27-32H,8-9,13-14,17-21H2,1-7H3,(H,39,49)(H,40,46)(H,41,50)(H,42,47)(H,43,48)(H,44,51)/t23-,24-,27-,28-,29-,30-,31-,32-/m0/s1. The Labute approximate surface area is 307 Å². The van der Waals surface area contributed by atoms with E-state index in [4.69, 9.17) is 0 Å². The second-order valence-electron chi connectivity index (χ2n) is 14.6. The Balaban J connectivity index is 2.04. The fourth-order valence-corrected chi connectivity index (χ4v) is 6.63. The molecule has 0 bridgehead atoms. The Morgan fingerprint density at radius 1 is 0.808 bits per heavy atom. The lowest BCUT2D eigenvalue weighted by Crippen LogP contribution is -2.61. The predicted molar refractivity (Wildman–Crippen MR) is 196 cm³/mol. The third-order valence-corrected chi connectivity index (χ3v) is 10.2. The van der Waals surface area contributed by atoms with Crippen molar-refractivity contribution in [1.82, 2.24) is 36.8 Å². The number of benzene rings is 1. The molecule has 8 atom stereocenters. The Hall–Kier alpha value is -4.49. The van der Waals surface area contributed by atoms with Gasteiger partial charge in [0.25, 0.3) is 0 Å². The fourth-order valence-electron chi connectivity index (χ4n) is 6.63. The molecule has 0 radical (unpaired) electrons. The summed E-state index contributed by atoms with van der Waals surface area (Å²) in [5.41, 5.74) is 0.779. The molecule has 2 aliphatic rings. The molecule has 2 aliphatic heterocycles. The molecule has 7 amide bonds. The summed E-state index contributed by atoms with van der Waals surface area (Å²) >= 11 is 0. The minimum Gasteiger partial charge on any atom is -0.354 e. The number of hydrogen-bond donors (Lipinski definition) is 6. The third kappa shape index (κ3) is 11.5. The van der Waals surface area contributed by atoms with E-state index in [1.54, 1.807) is 13.8 Å². The van der Waals surface area contributed by atoms with Gasteiger partial charge in [0.15, 0.2) is 0 Å². The van der Waals surface area contributed by atoms with E-state index in [1.165, 1.54) is 11.8 Å². The van der Waals surface area contributed by atoms with Crippen molar-refractivity contribution < 1.29 is 33.6 Å². The number of rotatable bonds is 10. The number of amides is 7. The monoisotopic (exact) mass is 725 g/mol. The fraction of sp³-hybridized carbons (Fsp3) is 0.658. The first kappa shape index (κ1) is 41.9. The summed E-state index contributed by atoms with van der Waals surface area (Å²) < 4.78 is 0. The van der Waals surface area contributed by atoms with Crippen LogP contribution in [-0.4, -0.2) is 95.6 Å². The minimum absolute atomic E-state index is 0.0974. The molecule has 0 aromatic heterocycles. The highest BCUT2D eigenvalue weighted by Gasteiger charge is 2.41. The van der Waals surface area contributed by atoms with Crippen LogP contribution in [0.25, 0.3) is 0 Å². The van der Waals surface area contributed by atoms with Crippen LogP contribution >= 0.6 is 0 Å². The molecule has 0 spiro atoms. The van der Waals surface area contributed by atoms with Crippen LogP contribution in [0.1, 0.15) is 92.6 Å². The molecule has 0 unspecified atom stereocenters. The summed E-state index contributed by atoms with van der Waals surface area (Å²) in [6.07, 6.45) is 2.59. The number of carbonyl (C=O) groups excluding carboxylic acids is 7. The topological polar surface area (TPSA) is 195 Å². The first-order valence-electron chi connectivity index (χ1n) is 18.8. The van der Waals surface area contributed by atoms with Crippen LogP contribution in [0.15, 0.2) is 30.3 Å². The van der Waals surface area contributed by atoms with Crippen LogP contribution in [0.3, 0.4) is 0 Å². The molecule has 14 heteroatoms. The minimum atomic E-state index is -1.12. The Morgan fingerprint density at radius 2 is 1.42 bits per heavy atom. The van der Waals surface area contributed by atoms with Gasteiger partial charge in [0.2, 0.25) is 41.4 Å². The predicted octanol–water partition coefficient (Wildman–Crippen LogP) is 1.32. The maximum Gasteiger partial charge on any atom is 0.246 e. The molecule has 14 nitrogen and oxygen atoms in total. The number of nitrogens with one attached hydrogen (secondary N) is 6. The van der Waals surface area contributed by atoms with E-state index in [1.807, 2.05) is 58.0 Å². The molecule has 6 N–H and O–H groups in total. The van der Waals surface area contributed by atoms with Gasteiger partial charge >= 0.3 is 0 Å².